The molecule has 0 aromatic heterocycles. The van der Waals surface area contributed by atoms with Crippen LogP contribution in [0.3, 0.4) is 0 Å². The largest absolute Gasteiger partial charge is 0.496 e. The van der Waals surface area contributed by atoms with Gasteiger partial charge in [0.05, 0.1) is 19.2 Å². The number of hydrogen-bond donors (Lipinski definition) is 1. The summed E-state index contributed by atoms with van der Waals surface area (Å²) in [6.45, 7) is -0.374. The van der Waals surface area contributed by atoms with Crippen molar-refractivity contribution in [1.29, 1.82) is 0 Å². The van der Waals surface area contributed by atoms with Crippen LogP contribution in [0.4, 0.5) is 4.39 Å². The molecule has 108 valence electrons. The molecule has 1 heterocycles. The van der Waals surface area contributed by atoms with Gasteiger partial charge in [-0.05, 0) is 18.2 Å². The lowest BCUT2D eigenvalue weighted by molar-refractivity contribution is -0.149. The molecule has 0 aliphatic carbocycles. The summed E-state index contributed by atoms with van der Waals surface area (Å²) in [6.07, 6.45) is -0.201. The highest BCUT2D eigenvalue weighted by Crippen LogP contribution is 2.30. The summed E-state index contributed by atoms with van der Waals surface area (Å²) >= 11 is 3.26. The second-order valence-electron chi connectivity index (χ2n) is 4.59. The van der Waals surface area contributed by atoms with Crippen LogP contribution in [0.2, 0.25) is 0 Å². The number of benzene rings is 1. The molecule has 0 spiro atoms. The van der Waals surface area contributed by atoms with Crippen LogP contribution >= 0.6 is 15.9 Å². The Morgan fingerprint density at radius 1 is 1.50 bits per heavy atom. The van der Waals surface area contributed by atoms with Gasteiger partial charge in [0.2, 0.25) is 5.67 Å². The Balaban J connectivity index is 2.23. The molecule has 5 nitrogen and oxygen atoms in total. The number of nitrogens with zero attached hydrogens (tertiary/aromatic N) is 1. The van der Waals surface area contributed by atoms with Crippen LogP contribution in [0.1, 0.15) is 16.8 Å². The van der Waals surface area contributed by atoms with E-state index in [2.05, 4.69) is 15.9 Å². The molecule has 0 bridgehead atoms. The number of aliphatic carboxylic acids is 1. The number of amides is 1. The van der Waals surface area contributed by atoms with Crippen molar-refractivity contribution in [3.05, 3.63) is 28.2 Å². The summed E-state index contributed by atoms with van der Waals surface area (Å²) < 4.78 is 19.8. The standard InChI is InChI=1S/C13H13BrFNO4/c1-20-10-6-8(14)2-3-9(10)11(17)16-5-4-13(15,7-16)12(18)19/h2-3,6H,4-5,7H2,1H3,(H,18,19). The first-order valence-electron chi connectivity index (χ1n) is 5.92. The Morgan fingerprint density at radius 2 is 2.20 bits per heavy atom. The van der Waals surface area contributed by atoms with E-state index in [0.29, 0.717) is 5.75 Å². The lowest BCUT2D eigenvalue weighted by Crippen LogP contribution is -2.39. The van der Waals surface area contributed by atoms with Gasteiger partial charge in [-0.15, -0.1) is 0 Å². The van der Waals surface area contributed by atoms with Crippen LogP contribution in [-0.4, -0.2) is 47.8 Å². The molecular weight excluding hydrogens is 333 g/mol. The number of carbonyl (C=O) groups excluding carboxylic acids is 1. The van der Waals surface area contributed by atoms with Crippen molar-refractivity contribution in [3.63, 3.8) is 0 Å². The predicted molar refractivity (Wildman–Crippen MR) is 72.7 cm³/mol. The Labute approximate surface area is 123 Å². The summed E-state index contributed by atoms with van der Waals surface area (Å²) in [5.74, 6) is -1.61. The topological polar surface area (TPSA) is 66.8 Å². The lowest BCUT2D eigenvalue weighted by atomic mass is 10.1. The summed E-state index contributed by atoms with van der Waals surface area (Å²) in [5.41, 5.74) is -2.08. The van der Waals surface area contributed by atoms with Gasteiger partial charge in [0.25, 0.3) is 5.91 Å². The fourth-order valence-corrected chi connectivity index (χ4v) is 2.47. The van der Waals surface area contributed by atoms with Crippen LogP contribution < -0.4 is 4.74 Å². The van der Waals surface area contributed by atoms with E-state index < -0.39 is 24.1 Å². The summed E-state index contributed by atoms with van der Waals surface area (Å²) in [7, 11) is 1.43. The highest BCUT2D eigenvalue weighted by Gasteiger charge is 2.47. The molecule has 1 saturated heterocycles. The minimum atomic E-state index is -2.36. The quantitative estimate of drug-likeness (QED) is 0.910. The molecule has 2 rings (SSSR count). The molecule has 1 aromatic carbocycles. The average molecular weight is 346 g/mol. The van der Waals surface area contributed by atoms with Crippen LogP contribution in [0, 0.1) is 0 Å². The van der Waals surface area contributed by atoms with Gasteiger partial charge in [0, 0.05) is 17.4 Å². The van der Waals surface area contributed by atoms with Crippen LogP contribution in [0.25, 0.3) is 0 Å². The summed E-state index contributed by atoms with van der Waals surface area (Å²) in [4.78, 5) is 24.4. The molecule has 7 heteroatoms. The van der Waals surface area contributed by atoms with Gasteiger partial charge in [-0.25, -0.2) is 9.18 Å². The van der Waals surface area contributed by atoms with E-state index in [1.54, 1.807) is 18.2 Å². The molecule has 20 heavy (non-hydrogen) atoms. The van der Waals surface area contributed by atoms with Gasteiger partial charge in [-0.2, -0.15) is 0 Å². The van der Waals surface area contributed by atoms with E-state index in [4.69, 9.17) is 9.84 Å². The first kappa shape index (κ1) is 14.8. The highest BCUT2D eigenvalue weighted by molar-refractivity contribution is 9.10. The molecule has 1 aliphatic heterocycles. The Hall–Kier alpha value is -1.63. The first-order valence-corrected chi connectivity index (χ1v) is 6.72. The smallest absolute Gasteiger partial charge is 0.343 e. The van der Waals surface area contributed by atoms with E-state index >= 15 is 0 Å². The molecule has 0 radical (unpaired) electrons. The van der Waals surface area contributed by atoms with E-state index in [1.165, 1.54) is 12.0 Å². The molecule has 1 aromatic rings. The number of alkyl halides is 1. The molecule has 1 atom stereocenters. The molecule has 0 saturated carbocycles. The zero-order valence-corrected chi connectivity index (χ0v) is 12.3. The van der Waals surface area contributed by atoms with Crippen molar-refractivity contribution in [3.8, 4) is 5.75 Å². The van der Waals surface area contributed by atoms with E-state index in [0.717, 1.165) is 4.47 Å². The average Bonchev–Trinajstić information content (AvgIpc) is 2.82. The number of ether oxygens (including phenoxy) is 1. The van der Waals surface area contributed by atoms with Gasteiger partial charge in [-0.3, -0.25) is 4.79 Å². The normalized spacial score (nSPS) is 21.9. The minimum Gasteiger partial charge on any atom is -0.496 e. The maximum atomic E-state index is 14.0. The molecule has 1 aliphatic rings. The lowest BCUT2D eigenvalue weighted by Gasteiger charge is -2.19. The van der Waals surface area contributed by atoms with Crippen molar-refractivity contribution in [1.82, 2.24) is 4.90 Å². The number of hydrogen-bond acceptors (Lipinski definition) is 3. The monoisotopic (exact) mass is 345 g/mol. The zero-order valence-electron chi connectivity index (χ0n) is 10.7. The van der Waals surface area contributed by atoms with Crippen molar-refractivity contribution < 1.29 is 23.8 Å². The fraction of sp³-hybridized carbons (Fsp3) is 0.385. The third-order valence-corrected chi connectivity index (χ3v) is 3.78. The van der Waals surface area contributed by atoms with Crippen LogP contribution in [0.5, 0.6) is 5.75 Å². The predicted octanol–water partition coefficient (Wildman–Crippen LogP) is 2.10. The third kappa shape index (κ3) is 2.63. The van der Waals surface area contributed by atoms with Crippen molar-refractivity contribution >= 4 is 27.8 Å². The minimum absolute atomic E-state index is 0.0703. The van der Waals surface area contributed by atoms with Gasteiger partial charge in [0.1, 0.15) is 5.75 Å². The first-order chi connectivity index (χ1) is 9.37. The highest BCUT2D eigenvalue weighted by atomic mass is 79.9. The maximum absolute atomic E-state index is 14.0. The number of carboxylic acids is 1. The van der Waals surface area contributed by atoms with E-state index in [-0.39, 0.29) is 18.5 Å². The Bertz CT molecular complexity index is 565. The second kappa shape index (κ2) is 5.40. The number of carboxylic acid groups (broad SMARTS) is 1. The maximum Gasteiger partial charge on any atom is 0.343 e. The number of carbonyl (C=O) groups is 2. The number of methoxy groups -OCH3 is 1. The van der Waals surface area contributed by atoms with Gasteiger partial charge in [0.15, 0.2) is 0 Å². The molecule has 1 unspecified atom stereocenters. The SMILES string of the molecule is COc1cc(Br)ccc1C(=O)N1CCC(F)(C(=O)O)C1. The van der Waals surface area contributed by atoms with Crippen molar-refractivity contribution in [2.45, 2.75) is 12.1 Å². The number of likely N-dealkylation sites (tertiary alicyclic amines) is 1. The van der Waals surface area contributed by atoms with Gasteiger partial charge >= 0.3 is 5.97 Å². The second-order valence-corrected chi connectivity index (χ2v) is 5.51. The van der Waals surface area contributed by atoms with E-state index in [1.807, 2.05) is 0 Å². The fourth-order valence-electron chi connectivity index (χ4n) is 2.13. The van der Waals surface area contributed by atoms with Gasteiger partial charge < -0.3 is 14.7 Å². The summed E-state index contributed by atoms with van der Waals surface area (Å²) in [6, 6.07) is 4.86. The molecule has 1 fully saturated rings. The van der Waals surface area contributed by atoms with Crippen LogP contribution in [-0.2, 0) is 4.79 Å². The Morgan fingerprint density at radius 3 is 2.75 bits per heavy atom. The zero-order chi connectivity index (χ0) is 14.9. The third-order valence-electron chi connectivity index (χ3n) is 3.28. The van der Waals surface area contributed by atoms with E-state index in [9.17, 15) is 14.0 Å². The molecule has 1 amide bonds. The summed E-state index contributed by atoms with van der Waals surface area (Å²) in [5, 5.41) is 8.84. The van der Waals surface area contributed by atoms with Crippen molar-refractivity contribution in [2.75, 3.05) is 20.2 Å². The van der Waals surface area contributed by atoms with Gasteiger partial charge in [-0.1, -0.05) is 15.9 Å². The van der Waals surface area contributed by atoms with Crippen molar-refractivity contribution in [2.24, 2.45) is 0 Å². The molecule has 1 N–H and O–H groups in total. The van der Waals surface area contributed by atoms with Crippen LogP contribution in [0.15, 0.2) is 22.7 Å². The number of halogens is 2. The molecular formula is C13H13BrFNO4. The number of rotatable bonds is 3. The Kier molecular flexibility index (Phi) is 3.99.